The summed E-state index contributed by atoms with van der Waals surface area (Å²) in [5.41, 5.74) is 7.43. The highest BCUT2D eigenvalue weighted by Crippen LogP contribution is 2.37. The Bertz CT molecular complexity index is 423. The van der Waals surface area contributed by atoms with Crippen LogP contribution < -0.4 is 5.73 Å². The van der Waals surface area contributed by atoms with E-state index in [0.717, 1.165) is 35.4 Å². The number of rotatable bonds is 4. The van der Waals surface area contributed by atoms with E-state index in [4.69, 9.17) is 17.3 Å². The summed E-state index contributed by atoms with van der Waals surface area (Å²) < 4.78 is 0. The number of halogens is 1. The second kappa shape index (κ2) is 5.82. The minimum absolute atomic E-state index is 0.110. The second-order valence-corrected chi connectivity index (χ2v) is 6.60. The van der Waals surface area contributed by atoms with Crippen LogP contribution in [0.5, 0.6) is 0 Å². The van der Waals surface area contributed by atoms with Gasteiger partial charge in [0.05, 0.1) is 0 Å². The summed E-state index contributed by atoms with van der Waals surface area (Å²) in [4.78, 5) is 2.61. The van der Waals surface area contributed by atoms with Crippen molar-refractivity contribution in [3.05, 3.63) is 34.9 Å². The van der Waals surface area contributed by atoms with E-state index < -0.39 is 0 Å². The summed E-state index contributed by atoms with van der Waals surface area (Å²) in [5, 5.41) is 0.781. The maximum absolute atomic E-state index is 6.27. The van der Waals surface area contributed by atoms with E-state index in [1.165, 1.54) is 32.4 Å². The molecule has 1 saturated carbocycles. The highest BCUT2D eigenvalue weighted by molar-refractivity contribution is 6.30. The Hall–Kier alpha value is -0.570. The molecule has 3 atom stereocenters. The molecular formula is C16H23ClN2. The SMILES string of the molecule is NC(CCN1CC2CCCC2C1)c1cccc(Cl)c1. The first kappa shape index (κ1) is 13.4. The van der Waals surface area contributed by atoms with Crippen molar-refractivity contribution in [1.82, 2.24) is 4.90 Å². The van der Waals surface area contributed by atoms with Gasteiger partial charge >= 0.3 is 0 Å². The molecule has 1 aromatic rings. The molecule has 2 nitrogen and oxygen atoms in total. The monoisotopic (exact) mass is 278 g/mol. The van der Waals surface area contributed by atoms with E-state index in [9.17, 15) is 0 Å². The van der Waals surface area contributed by atoms with Crippen molar-refractivity contribution in [2.75, 3.05) is 19.6 Å². The van der Waals surface area contributed by atoms with Crippen LogP contribution in [0.15, 0.2) is 24.3 Å². The Labute approximate surface area is 120 Å². The molecule has 2 N–H and O–H groups in total. The quantitative estimate of drug-likeness (QED) is 0.914. The van der Waals surface area contributed by atoms with Crippen LogP contribution in [0.25, 0.3) is 0 Å². The number of fused-ring (bicyclic) bond motifs is 1. The van der Waals surface area contributed by atoms with Gasteiger partial charge in [0.15, 0.2) is 0 Å². The van der Waals surface area contributed by atoms with Crippen LogP contribution in [0.4, 0.5) is 0 Å². The van der Waals surface area contributed by atoms with Crippen molar-refractivity contribution >= 4 is 11.6 Å². The van der Waals surface area contributed by atoms with E-state index in [1.807, 2.05) is 18.2 Å². The van der Waals surface area contributed by atoms with Crippen LogP contribution in [0, 0.1) is 11.8 Å². The molecule has 1 aliphatic carbocycles. The van der Waals surface area contributed by atoms with Crippen LogP contribution in [-0.2, 0) is 0 Å². The van der Waals surface area contributed by atoms with Crippen molar-refractivity contribution < 1.29 is 0 Å². The van der Waals surface area contributed by atoms with Crippen LogP contribution in [-0.4, -0.2) is 24.5 Å². The molecule has 1 heterocycles. The zero-order chi connectivity index (χ0) is 13.2. The molecule has 3 rings (SSSR count). The van der Waals surface area contributed by atoms with E-state index >= 15 is 0 Å². The molecule has 0 radical (unpaired) electrons. The number of hydrogen-bond donors (Lipinski definition) is 1. The lowest BCUT2D eigenvalue weighted by Gasteiger charge is -2.19. The Morgan fingerprint density at radius 3 is 2.68 bits per heavy atom. The van der Waals surface area contributed by atoms with E-state index in [2.05, 4.69) is 11.0 Å². The fourth-order valence-corrected chi connectivity index (χ4v) is 3.94. The molecule has 0 amide bonds. The first-order valence-electron chi connectivity index (χ1n) is 7.46. The molecule has 0 aromatic heterocycles. The predicted molar refractivity (Wildman–Crippen MR) is 80.3 cm³/mol. The average Bonchev–Trinajstić information content (AvgIpc) is 2.96. The summed E-state index contributed by atoms with van der Waals surface area (Å²) >= 11 is 6.01. The van der Waals surface area contributed by atoms with Crippen molar-refractivity contribution in [3.8, 4) is 0 Å². The Morgan fingerprint density at radius 1 is 1.26 bits per heavy atom. The summed E-state index contributed by atoms with van der Waals surface area (Å²) in [7, 11) is 0. The van der Waals surface area contributed by atoms with Gasteiger partial charge in [0, 0.05) is 24.2 Å². The van der Waals surface area contributed by atoms with Crippen LogP contribution in [0.3, 0.4) is 0 Å². The van der Waals surface area contributed by atoms with Gasteiger partial charge in [0.25, 0.3) is 0 Å². The number of likely N-dealkylation sites (tertiary alicyclic amines) is 1. The first-order chi connectivity index (χ1) is 9.22. The largest absolute Gasteiger partial charge is 0.324 e. The van der Waals surface area contributed by atoms with Gasteiger partial charge in [-0.05, 0) is 55.3 Å². The molecular weight excluding hydrogens is 256 g/mol. The Morgan fingerprint density at radius 2 is 2.00 bits per heavy atom. The zero-order valence-corrected chi connectivity index (χ0v) is 12.1. The summed E-state index contributed by atoms with van der Waals surface area (Å²) in [6.07, 6.45) is 5.37. The third kappa shape index (κ3) is 3.13. The normalized spacial score (nSPS) is 28.5. The summed E-state index contributed by atoms with van der Waals surface area (Å²) in [6.45, 7) is 3.72. The van der Waals surface area contributed by atoms with Gasteiger partial charge in [-0.1, -0.05) is 30.2 Å². The number of nitrogens with zero attached hydrogens (tertiary/aromatic N) is 1. The number of nitrogens with two attached hydrogens (primary N) is 1. The topological polar surface area (TPSA) is 29.3 Å². The lowest BCUT2D eigenvalue weighted by atomic mass is 10.0. The van der Waals surface area contributed by atoms with Gasteiger partial charge in [-0.2, -0.15) is 0 Å². The van der Waals surface area contributed by atoms with Crippen LogP contribution in [0.1, 0.15) is 37.3 Å². The van der Waals surface area contributed by atoms with Crippen LogP contribution >= 0.6 is 11.6 Å². The van der Waals surface area contributed by atoms with E-state index in [0.29, 0.717) is 0 Å². The smallest absolute Gasteiger partial charge is 0.0409 e. The first-order valence-corrected chi connectivity index (χ1v) is 7.83. The van der Waals surface area contributed by atoms with Gasteiger partial charge in [-0.25, -0.2) is 0 Å². The molecule has 3 heteroatoms. The van der Waals surface area contributed by atoms with Crippen LogP contribution in [0.2, 0.25) is 5.02 Å². The fourth-order valence-electron chi connectivity index (χ4n) is 3.74. The molecule has 3 unspecified atom stereocenters. The summed E-state index contributed by atoms with van der Waals surface area (Å²) in [6, 6.07) is 8.07. The molecule has 2 fully saturated rings. The third-order valence-electron chi connectivity index (χ3n) is 4.84. The molecule has 19 heavy (non-hydrogen) atoms. The predicted octanol–water partition coefficient (Wildman–Crippen LogP) is 3.46. The minimum Gasteiger partial charge on any atom is -0.324 e. The average molecular weight is 279 g/mol. The van der Waals surface area contributed by atoms with E-state index in [1.54, 1.807) is 0 Å². The van der Waals surface area contributed by atoms with Gasteiger partial charge in [-0.3, -0.25) is 0 Å². The molecule has 1 aliphatic heterocycles. The van der Waals surface area contributed by atoms with Crippen molar-refractivity contribution in [1.29, 1.82) is 0 Å². The minimum atomic E-state index is 0.110. The van der Waals surface area contributed by atoms with Crippen molar-refractivity contribution in [2.45, 2.75) is 31.7 Å². The second-order valence-electron chi connectivity index (χ2n) is 6.16. The Kier molecular flexibility index (Phi) is 4.11. The molecule has 0 spiro atoms. The highest BCUT2D eigenvalue weighted by Gasteiger charge is 2.35. The molecule has 2 aliphatic rings. The van der Waals surface area contributed by atoms with Gasteiger partial charge < -0.3 is 10.6 Å². The third-order valence-corrected chi connectivity index (χ3v) is 5.07. The Balaban J connectivity index is 1.50. The van der Waals surface area contributed by atoms with Gasteiger partial charge in [-0.15, -0.1) is 0 Å². The lowest BCUT2D eigenvalue weighted by molar-refractivity contribution is 0.298. The molecule has 0 bridgehead atoms. The molecule has 1 aromatic carbocycles. The van der Waals surface area contributed by atoms with E-state index in [-0.39, 0.29) is 6.04 Å². The molecule has 104 valence electrons. The zero-order valence-electron chi connectivity index (χ0n) is 11.4. The van der Waals surface area contributed by atoms with Crippen molar-refractivity contribution in [3.63, 3.8) is 0 Å². The summed E-state index contributed by atoms with van der Waals surface area (Å²) in [5.74, 6) is 1.95. The maximum atomic E-state index is 6.27. The number of benzene rings is 1. The molecule has 1 saturated heterocycles. The standard InChI is InChI=1S/C16H23ClN2/c17-15-6-2-3-12(9-15)16(18)7-8-19-10-13-4-1-5-14(13)11-19/h2-3,6,9,13-14,16H,1,4-5,7-8,10-11,18H2. The van der Waals surface area contributed by atoms with Gasteiger partial charge in [0.1, 0.15) is 0 Å². The number of hydrogen-bond acceptors (Lipinski definition) is 2. The highest BCUT2D eigenvalue weighted by atomic mass is 35.5. The fraction of sp³-hybridized carbons (Fsp3) is 0.625. The lowest BCUT2D eigenvalue weighted by Crippen LogP contribution is -2.26. The maximum Gasteiger partial charge on any atom is 0.0409 e. The van der Waals surface area contributed by atoms with Crippen molar-refractivity contribution in [2.24, 2.45) is 17.6 Å². The van der Waals surface area contributed by atoms with Gasteiger partial charge in [0.2, 0.25) is 0 Å².